The van der Waals surface area contributed by atoms with Crippen LogP contribution in [-0.2, 0) is 14.8 Å². The van der Waals surface area contributed by atoms with Crippen LogP contribution in [0.2, 0.25) is 0 Å². The molecule has 2 aromatic heterocycles. The van der Waals surface area contributed by atoms with Gasteiger partial charge in [-0.3, -0.25) is 0 Å². The molecule has 0 aliphatic heterocycles. The molecule has 0 unspecified atom stereocenters. The molecule has 10 heteroatoms. The molecule has 2 heterocycles. The minimum absolute atomic E-state index is 0.00129. The lowest BCUT2D eigenvalue weighted by Gasteiger charge is -2.07. The topological polar surface area (TPSA) is 111 Å². The van der Waals surface area contributed by atoms with Crippen LogP contribution in [-0.4, -0.2) is 36.7 Å². The second-order valence-corrected chi connectivity index (χ2v) is 6.14. The number of ether oxygens (including phenoxy) is 1. The molecule has 106 valence electrons. The number of rotatable bonds is 4. The van der Waals surface area contributed by atoms with Gasteiger partial charge in [0.2, 0.25) is 0 Å². The lowest BCUT2D eigenvalue weighted by molar-refractivity contribution is 0.0602. The number of aromatic nitrogens is 3. The number of aryl methyl sites for hydroxylation is 1. The zero-order valence-electron chi connectivity index (χ0n) is 10.5. The average Bonchev–Trinajstić information content (AvgIpc) is 2.81. The first-order chi connectivity index (χ1) is 9.45. The number of anilines is 1. The molecule has 20 heavy (non-hydrogen) atoms. The van der Waals surface area contributed by atoms with E-state index >= 15 is 0 Å². The summed E-state index contributed by atoms with van der Waals surface area (Å²) < 4.78 is 31.3. The zero-order valence-corrected chi connectivity index (χ0v) is 12.2. The number of carbonyl (C=O) groups is 1. The number of hydrogen-bond acceptors (Lipinski definition) is 8. The number of sulfonamides is 1. The van der Waals surface area contributed by atoms with Crippen molar-refractivity contribution < 1.29 is 17.9 Å². The Hall–Kier alpha value is -2.07. The van der Waals surface area contributed by atoms with Crippen LogP contribution in [0.4, 0.5) is 5.95 Å². The Morgan fingerprint density at radius 2 is 2.15 bits per heavy atom. The minimum Gasteiger partial charge on any atom is -0.465 e. The van der Waals surface area contributed by atoms with E-state index in [4.69, 9.17) is 0 Å². The zero-order chi connectivity index (χ0) is 14.8. The first-order valence-electron chi connectivity index (χ1n) is 5.28. The highest BCUT2D eigenvalue weighted by molar-refractivity contribution is 7.93. The number of esters is 1. The summed E-state index contributed by atoms with van der Waals surface area (Å²) >= 11 is 0.996. The fourth-order valence-electron chi connectivity index (χ4n) is 1.47. The van der Waals surface area contributed by atoms with Crippen LogP contribution in [0.3, 0.4) is 0 Å². The Morgan fingerprint density at radius 3 is 2.75 bits per heavy atom. The van der Waals surface area contributed by atoms with Gasteiger partial charge < -0.3 is 4.74 Å². The van der Waals surface area contributed by atoms with Crippen molar-refractivity contribution in [1.82, 2.24) is 15.2 Å². The number of thiophene rings is 1. The molecule has 8 nitrogen and oxygen atoms in total. The van der Waals surface area contributed by atoms with Crippen LogP contribution in [0.1, 0.15) is 15.2 Å². The van der Waals surface area contributed by atoms with Crippen molar-refractivity contribution in [3.05, 3.63) is 28.2 Å². The Kier molecular flexibility index (Phi) is 3.95. The van der Waals surface area contributed by atoms with E-state index in [2.05, 4.69) is 24.6 Å². The summed E-state index contributed by atoms with van der Waals surface area (Å²) in [5.74, 6) is -0.885. The number of carbonyl (C=O) groups excluding carboxylic acids is 1. The standard InChI is InChI=1S/C10H10N4O4S2/c1-6-5-19-7(9(15)18-2)8(6)20(16,17)14-10-11-3-4-12-13-10/h3-5H,1-2H3,(H,11,13,14). The van der Waals surface area contributed by atoms with Gasteiger partial charge in [0.25, 0.3) is 16.0 Å². The van der Waals surface area contributed by atoms with Crippen molar-refractivity contribution >= 4 is 33.3 Å². The van der Waals surface area contributed by atoms with Crippen molar-refractivity contribution in [1.29, 1.82) is 0 Å². The van der Waals surface area contributed by atoms with Crippen LogP contribution in [0.5, 0.6) is 0 Å². The Bertz CT molecular complexity index is 727. The van der Waals surface area contributed by atoms with Gasteiger partial charge in [-0.2, -0.15) is 5.10 Å². The molecule has 0 fully saturated rings. The van der Waals surface area contributed by atoms with Gasteiger partial charge in [0.05, 0.1) is 19.5 Å². The van der Waals surface area contributed by atoms with Crippen LogP contribution >= 0.6 is 11.3 Å². The molecule has 0 aliphatic carbocycles. The second-order valence-electron chi connectivity index (χ2n) is 3.64. The maximum Gasteiger partial charge on any atom is 0.349 e. The van der Waals surface area contributed by atoms with E-state index < -0.39 is 16.0 Å². The van der Waals surface area contributed by atoms with Gasteiger partial charge >= 0.3 is 5.97 Å². The van der Waals surface area contributed by atoms with Crippen LogP contribution in [0, 0.1) is 6.92 Å². The summed E-state index contributed by atoms with van der Waals surface area (Å²) in [6.45, 7) is 1.58. The summed E-state index contributed by atoms with van der Waals surface area (Å²) in [6.07, 6.45) is 2.61. The first kappa shape index (κ1) is 14.3. The third-order valence-corrected chi connectivity index (χ3v) is 4.99. The van der Waals surface area contributed by atoms with E-state index in [0.29, 0.717) is 5.56 Å². The summed E-state index contributed by atoms with van der Waals surface area (Å²) in [5.41, 5.74) is 0.437. The lowest BCUT2D eigenvalue weighted by atomic mass is 10.3. The van der Waals surface area contributed by atoms with Crippen molar-refractivity contribution in [3.8, 4) is 0 Å². The molecule has 0 radical (unpaired) electrons. The molecule has 0 bridgehead atoms. The maximum atomic E-state index is 12.3. The number of nitrogens with zero attached hydrogens (tertiary/aromatic N) is 3. The van der Waals surface area contributed by atoms with Gasteiger partial charge in [0.15, 0.2) is 0 Å². The Balaban J connectivity index is 2.45. The van der Waals surface area contributed by atoms with Crippen molar-refractivity contribution in [2.75, 3.05) is 11.8 Å². The van der Waals surface area contributed by atoms with Gasteiger partial charge in [-0.1, -0.05) is 0 Å². The van der Waals surface area contributed by atoms with E-state index in [-0.39, 0.29) is 15.7 Å². The third-order valence-electron chi connectivity index (χ3n) is 2.27. The highest BCUT2D eigenvalue weighted by atomic mass is 32.2. The van der Waals surface area contributed by atoms with Gasteiger partial charge in [-0.25, -0.2) is 22.9 Å². The van der Waals surface area contributed by atoms with Crippen molar-refractivity contribution in [3.63, 3.8) is 0 Å². The molecule has 1 N–H and O–H groups in total. The SMILES string of the molecule is COC(=O)c1scc(C)c1S(=O)(=O)Nc1nccnn1. The molecule has 0 amide bonds. The minimum atomic E-state index is -3.99. The van der Waals surface area contributed by atoms with Gasteiger partial charge in [0, 0.05) is 0 Å². The molecule has 0 spiro atoms. The smallest absolute Gasteiger partial charge is 0.349 e. The van der Waals surface area contributed by atoms with Crippen LogP contribution in [0.15, 0.2) is 22.7 Å². The normalized spacial score (nSPS) is 11.1. The maximum absolute atomic E-state index is 12.3. The van der Waals surface area contributed by atoms with E-state index in [9.17, 15) is 13.2 Å². The van der Waals surface area contributed by atoms with Crippen LogP contribution < -0.4 is 4.72 Å². The highest BCUT2D eigenvalue weighted by Gasteiger charge is 2.28. The van der Waals surface area contributed by atoms with Crippen molar-refractivity contribution in [2.45, 2.75) is 11.8 Å². The number of nitrogens with one attached hydrogen (secondary N) is 1. The predicted molar refractivity (Wildman–Crippen MR) is 71.0 cm³/mol. The van der Waals surface area contributed by atoms with Crippen molar-refractivity contribution in [2.24, 2.45) is 0 Å². The highest BCUT2D eigenvalue weighted by Crippen LogP contribution is 2.28. The fraction of sp³-hybridized carbons (Fsp3) is 0.200. The van der Waals surface area contributed by atoms with Gasteiger partial charge in [-0.15, -0.1) is 16.4 Å². The van der Waals surface area contributed by atoms with Gasteiger partial charge in [-0.05, 0) is 17.9 Å². The number of methoxy groups -OCH3 is 1. The van der Waals surface area contributed by atoms with E-state index in [0.717, 1.165) is 11.3 Å². The molecule has 0 saturated carbocycles. The molecule has 2 aromatic rings. The molecule has 0 saturated heterocycles. The second kappa shape index (κ2) is 5.51. The molecule has 0 atom stereocenters. The predicted octanol–water partition coefficient (Wildman–Crippen LogP) is 0.829. The monoisotopic (exact) mass is 314 g/mol. The molecular weight excluding hydrogens is 304 g/mol. The third kappa shape index (κ3) is 2.75. The largest absolute Gasteiger partial charge is 0.465 e. The Morgan fingerprint density at radius 1 is 1.40 bits per heavy atom. The lowest BCUT2D eigenvalue weighted by Crippen LogP contribution is -2.18. The summed E-state index contributed by atoms with van der Waals surface area (Å²) in [5, 5.41) is 8.61. The van der Waals surface area contributed by atoms with E-state index in [1.54, 1.807) is 12.3 Å². The summed E-state index contributed by atoms with van der Waals surface area (Å²) in [4.78, 5) is 15.2. The fourth-order valence-corrected chi connectivity index (χ4v) is 4.12. The van der Waals surface area contributed by atoms with Crippen LogP contribution in [0.25, 0.3) is 0 Å². The quantitative estimate of drug-likeness (QED) is 0.832. The summed E-state index contributed by atoms with van der Waals surface area (Å²) in [6, 6.07) is 0. The average molecular weight is 314 g/mol. The molecular formula is C10H10N4O4S2. The van der Waals surface area contributed by atoms with Gasteiger partial charge in [0.1, 0.15) is 9.77 Å². The first-order valence-corrected chi connectivity index (χ1v) is 7.65. The molecule has 2 rings (SSSR count). The van der Waals surface area contributed by atoms with E-state index in [1.807, 2.05) is 0 Å². The summed E-state index contributed by atoms with van der Waals surface area (Å²) in [7, 11) is -2.81. The Labute approximate surface area is 118 Å². The molecule has 0 aromatic carbocycles. The van der Waals surface area contributed by atoms with E-state index in [1.165, 1.54) is 19.5 Å². The number of hydrogen-bond donors (Lipinski definition) is 1. The molecule has 0 aliphatic rings.